The van der Waals surface area contributed by atoms with Gasteiger partial charge in [0.15, 0.2) is 0 Å². The maximum absolute atomic E-state index is 12.6. The third kappa shape index (κ3) is 7.98. The molecule has 0 bridgehead atoms. The van der Waals surface area contributed by atoms with E-state index in [1.807, 2.05) is 0 Å². The molecule has 0 saturated carbocycles. The molecule has 0 radical (unpaired) electrons. The molecule has 1 atom stereocenters. The summed E-state index contributed by atoms with van der Waals surface area (Å²) in [6.07, 6.45) is 2.19. The van der Waals surface area contributed by atoms with E-state index in [9.17, 15) is 9.18 Å². The molecule has 0 fully saturated rings. The van der Waals surface area contributed by atoms with Crippen LogP contribution in [0, 0.1) is 0 Å². The highest BCUT2D eigenvalue weighted by Gasteiger charge is 2.03. The molecule has 0 saturated heterocycles. The lowest BCUT2D eigenvalue weighted by molar-refractivity contribution is -0.137. The minimum Gasteiger partial charge on any atom is -0.481 e. The van der Waals surface area contributed by atoms with E-state index in [1.54, 1.807) is 0 Å². The first-order chi connectivity index (χ1) is 5.66. The van der Waals surface area contributed by atoms with Crippen LogP contribution in [0.1, 0.15) is 32.1 Å². The number of unbranched alkanes of at least 4 members (excludes halogenated alkanes) is 2. The molecule has 0 aromatic rings. The molecule has 1 N–H and O–H groups in total. The quantitative estimate of drug-likeness (QED) is 0.549. The van der Waals surface area contributed by atoms with Gasteiger partial charge in [-0.15, -0.1) is 0 Å². The van der Waals surface area contributed by atoms with E-state index >= 15 is 0 Å². The lowest BCUT2D eigenvalue weighted by atomic mass is 10.1. The summed E-state index contributed by atoms with van der Waals surface area (Å²) in [5, 5.41) is 8.67. The standard InChI is InChI=1S/C8H14BrFO2/c9-6-7(10)4-2-1-3-5-8(11)12/h7H,1-6H2,(H,11,12)/t7-/m0/s1. The summed E-state index contributed by atoms with van der Waals surface area (Å²) < 4.78 is 12.6. The van der Waals surface area contributed by atoms with Crippen LogP contribution in [-0.2, 0) is 4.79 Å². The van der Waals surface area contributed by atoms with E-state index in [0.29, 0.717) is 18.2 Å². The molecule has 0 rings (SSSR count). The summed E-state index contributed by atoms with van der Waals surface area (Å²) in [6, 6.07) is 0. The molecule has 0 aromatic heterocycles. The molecule has 4 heteroatoms. The summed E-state index contributed by atoms with van der Waals surface area (Å²) in [5.74, 6) is -0.771. The van der Waals surface area contributed by atoms with Crippen LogP contribution in [-0.4, -0.2) is 22.6 Å². The van der Waals surface area contributed by atoms with Crippen LogP contribution < -0.4 is 0 Å². The van der Waals surface area contributed by atoms with Gasteiger partial charge in [0, 0.05) is 11.8 Å². The lowest BCUT2D eigenvalue weighted by Crippen LogP contribution is -2.01. The van der Waals surface area contributed by atoms with Crippen molar-refractivity contribution in [2.75, 3.05) is 5.33 Å². The number of alkyl halides is 2. The van der Waals surface area contributed by atoms with E-state index in [4.69, 9.17) is 5.11 Å². The second-order valence-electron chi connectivity index (χ2n) is 2.74. The highest BCUT2D eigenvalue weighted by atomic mass is 79.9. The number of carboxylic acid groups (broad SMARTS) is 1. The Morgan fingerprint density at radius 2 is 2.08 bits per heavy atom. The van der Waals surface area contributed by atoms with Crippen molar-refractivity contribution in [3.8, 4) is 0 Å². The minimum absolute atomic E-state index is 0.200. The largest absolute Gasteiger partial charge is 0.481 e. The molecule has 0 amide bonds. The first kappa shape index (κ1) is 11.9. The van der Waals surface area contributed by atoms with Crippen LogP contribution in [0.25, 0.3) is 0 Å². The third-order valence-electron chi connectivity index (χ3n) is 1.58. The van der Waals surface area contributed by atoms with Crippen molar-refractivity contribution in [2.24, 2.45) is 0 Å². The van der Waals surface area contributed by atoms with Gasteiger partial charge in [0.1, 0.15) is 6.17 Å². The van der Waals surface area contributed by atoms with E-state index < -0.39 is 12.1 Å². The van der Waals surface area contributed by atoms with Gasteiger partial charge in [-0.2, -0.15) is 0 Å². The second-order valence-corrected chi connectivity index (χ2v) is 3.39. The molecule has 0 heterocycles. The normalized spacial score (nSPS) is 12.8. The number of rotatable bonds is 7. The molecule has 2 nitrogen and oxygen atoms in total. The average Bonchev–Trinajstić information content (AvgIpc) is 2.03. The van der Waals surface area contributed by atoms with Gasteiger partial charge in [-0.05, 0) is 12.8 Å². The van der Waals surface area contributed by atoms with Gasteiger partial charge in [-0.1, -0.05) is 28.8 Å². The van der Waals surface area contributed by atoms with Crippen LogP contribution in [0.3, 0.4) is 0 Å². The van der Waals surface area contributed by atoms with Crippen LogP contribution in [0.2, 0.25) is 0 Å². The van der Waals surface area contributed by atoms with Gasteiger partial charge in [0.25, 0.3) is 0 Å². The number of hydrogen-bond acceptors (Lipinski definition) is 1. The van der Waals surface area contributed by atoms with Crippen molar-refractivity contribution in [1.82, 2.24) is 0 Å². The molecule has 0 aliphatic rings. The van der Waals surface area contributed by atoms with Crippen LogP contribution in [0.15, 0.2) is 0 Å². The predicted octanol–water partition coefficient (Wildman–Crippen LogP) is 2.75. The van der Waals surface area contributed by atoms with Crippen LogP contribution >= 0.6 is 15.9 Å². The third-order valence-corrected chi connectivity index (χ3v) is 2.28. The van der Waals surface area contributed by atoms with Gasteiger partial charge in [0.2, 0.25) is 0 Å². The van der Waals surface area contributed by atoms with Gasteiger partial charge < -0.3 is 5.11 Å². The fourth-order valence-electron chi connectivity index (χ4n) is 0.896. The Labute approximate surface area is 80.3 Å². The topological polar surface area (TPSA) is 37.3 Å². The van der Waals surface area contributed by atoms with Crippen molar-refractivity contribution < 1.29 is 14.3 Å². The summed E-state index contributed by atoms with van der Waals surface area (Å²) in [6.45, 7) is 0. The molecule has 0 aromatic carbocycles. The minimum atomic E-state index is -0.783. The molecule has 0 unspecified atom stereocenters. The fourth-order valence-corrected chi connectivity index (χ4v) is 1.22. The SMILES string of the molecule is O=C(O)CCCCC[C@H](F)CBr. The van der Waals surface area contributed by atoms with Gasteiger partial charge in [-0.3, -0.25) is 4.79 Å². The maximum Gasteiger partial charge on any atom is 0.303 e. The molecular formula is C8H14BrFO2. The average molecular weight is 241 g/mol. The lowest BCUT2D eigenvalue weighted by Gasteiger charge is -2.02. The fraction of sp³-hybridized carbons (Fsp3) is 0.875. The van der Waals surface area contributed by atoms with Gasteiger partial charge in [0.05, 0.1) is 0 Å². The van der Waals surface area contributed by atoms with E-state index in [1.165, 1.54) is 0 Å². The Kier molecular flexibility index (Phi) is 7.45. The Balaban J connectivity index is 3.05. The molecular weight excluding hydrogens is 227 g/mol. The Morgan fingerprint density at radius 1 is 1.42 bits per heavy atom. The van der Waals surface area contributed by atoms with Gasteiger partial charge >= 0.3 is 5.97 Å². The monoisotopic (exact) mass is 240 g/mol. The summed E-state index contributed by atoms with van der Waals surface area (Å²) in [7, 11) is 0. The van der Waals surface area contributed by atoms with Crippen LogP contribution in [0.5, 0.6) is 0 Å². The van der Waals surface area contributed by atoms with Crippen LogP contribution in [0.4, 0.5) is 4.39 Å². The maximum atomic E-state index is 12.6. The second kappa shape index (κ2) is 7.53. The number of carbonyl (C=O) groups is 1. The van der Waals surface area contributed by atoms with Crippen molar-refractivity contribution in [2.45, 2.75) is 38.3 Å². The zero-order valence-corrected chi connectivity index (χ0v) is 8.52. The van der Waals surface area contributed by atoms with Gasteiger partial charge in [-0.25, -0.2) is 4.39 Å². The van der Waals surface area contributed by atoms with E-state index in [2.05, 4.69) is 15.9 Å². The zero-order valence-electron chi connectivity index (χ0n) is 6.93. The molecule has 0 aliphatic carbocycles. The van der Waals surface area contributed by atoms with Crippen molar-refractivity contribution in [3.05, 3.63) is 0 Å². The first-order valence-corrected chi connectivity index (χ1v) is 5.20. The summed E-state index contributed by atoms with van der Waals surface area (Å²) >= 11 is 3.04. The highest BCUT2D eigenvalue weighted by molar-refractivity contribution is 9.09. The molecule has 0 spiro atoms. The Bertz CT molecular complexity index is 130. The van der Waals surface area contributed by atoms with E-state index in [-0.39, 0.29) is 6.42 Å². The number of halogens is 2. The Hall–Kier alpha value is -0.120. The first-order valence-electron chi connectivity index (χ1n) is 4.08. The van der Waals surface area contributed by atoms with Crippen molar-refractivity contribution in [1.29, 1.82) is 0 Å². The molecule has 0 aliphatic heterocycles. The summed E-state index contributed by atoms with van der Waals surface area (Å²) in [5.41, 5.74) is 0. The molecule has 12 heavy (non-hydrogen) atoms. The number of carboxylic acids is 1. The number of aliphatic carboxylic acids is 1. The van der Waals surface area contributed by atoms with Crippen molar-refractivity contribution >= 4 is 21.9 Å². The smallest absolute Gasteiger partial charge is 0.303 e. The molecule has 72 valence electrons. The highest BCUT2D eigenvalue weighted by Crippen LogP contribution is 2.09. The summed E-state index contributed by atoms with van der Waals surface area (Å²) in [4.78, 5) is 10.1. The predicted molar refractivity (Wildman–Crippen MR) is 49.4 cm³/mol. The number of hydrogen-bond donors (Lipinski definition) is 1. The van der Waals surface area contributed by atoms with Crippen molar-refractivity contribution in [3.63, 3.8) is 0 Å². The van der Waals surface area contributed by atoms with E-state index in [0.717, 1.165) is 12.8 Å². The zero-order chi connectivity index (χ0) is 9.40. The Morgan fingerprint density at radius 3 is 2.58 bits per heavy atom.